The van der Waals surface area contributed by atoms with Crippen molar-refractivity contribution in [2.75, 3.05) is 6.61 Å². The van der Waals surface area contributed by atoms with Gasteiger partial charge in [-0.3, -0.25) is 9.78 Å². The van der Waals surface area contributed by atoms with E-state index in [9.17, 15) is 4.79 Å². The number of aromatic nitrogens is 1. The minimum absolute atomic E-state index is 0.000430. The summed E-state index contributed by atoms with van der Waals surface area (Å²) in [6.45, 7) is 6.58. The maximum atomic E-state index is 11.4. The van der Waals surface area contributed by atoms with E-state index in [1.165, 1.54) is 5.56 Å². The molecule has 0 saturated carbocycles. The molecule has 3 heteroatoms. The van der Waals surface area contributed by atoms with Crippen LogP contribution in [-0.4, -0.2) is 17.6 Å². The van der Waals surface area contributed by atoms with E-state index < -0.39 is 0 Å². The van der Waals surface area contributed by atoms with E-state index in [-0.39, 0.29) is 11.4 Å². The normalized spacial score (nSPS) is 11.2. The molecule has 0 aliphatic carbocycles. The van der Waals surface area contributed by atoms with Gasteiger partial charge < -0.3 is 4.74 Å². The highest BCUT2D eigenvalue weighted by Crippen LogP contribution is 2.18. The van der Waals surface area contributed by atoms with Crippen LogP contribution in [0.1, 0.15) is 39.2 Å². The van der Waals surface area contributed by atoms with Crippen molar-refractivity contribution in [2.45, 2.75) is 40.0 Å². The highest BCUT2D eigenvalue weighted by atomic mass is 16.5. The van der Waals surface area contributed by atoms with Gasteiger partial charge in [-0.05, 0) is 29.9 Å². The highest BCUT2D eigenvalue weighted by molar-refractivity contribution is 5.70. The zero-order chi connectivity index (χ0) is 12.7. The lowest BCUT2D eigenvalue weighted by Gasteiger charge is -2.16. The van der Waals surface area contributed by atoms with E-state index in [2.05, 4.69) is 4.98 Å². The van der Waals surface area contributed by atoms with Crippen LogP contribution in [0.25, 0.3) is 0 Å². The smallest absolute Gasteiger partial charge is 0.306 e. The van der Waals surface area contributed by atoms with Crippen molar-refractivity contribution in [3.8, 4) is 0 Å². The van der Waals surface area contributed by atoms with Crippen LogP contribution in [0.4, 0.5) is 0 Å². The first kappa shape index (κ1) is 13.7. The summed E-state index contributed by atoms with van der Waals surface area (Å²) in [5, 5.41) is 0. The van der Waals surface area contributed by atoms with Crippen molar-refractivity contribution in [1.82, 2.24) is 4.98 Å². The van der Waals surface area contributed by atoms with Gasteiger partial charge in [-0.2, -0.15) is 0 Å². The monoisotopic (exact) mass is 235 g/mol. The quantitative estimate of drug-likeness (QED) is 0.581. The second kappa shape index (κ2) is 6.38. The number of rotatable bonds is 5. The van der Waals surface area contributed by atoms with Gasteiger partial charge in [0.15, 0.2) is 0 Å². The van der Waals surface area contributed by atoms with E-state index in [4.69, 9.17) is 4.74 Å². The number of ether oxygens (including phenoxy) is 1. The van der Waals surface area contributed by atoms with Gasteiger partial charge in [0.1, 0.15) is 0 Å². The lowest BCUT2D eigenvalue weighted by atomic mass is 9.92. The summed E-state index contributed by atoms with van der Waals surface area (Å²) < 4.78 is 5.18. The fourth-order valence-electron chi connectivity index (χ4n) is 1.49. The number of carbonyl (C=O) groups is 1. The highest BCUT2D eigenvalue weighted by Gasteiger charge is 2.16. The van der Waals surface area contributed by atoms with Gasteiger partial charge in [0, 0.05) is 12.4 Å². The van der Waals surface area contributed by atoms with Crippen molar-refractivity contribution in [2.24, 2.45) is 5.41 Å². The minimum atomic E-state index is -0.108. The molecular weight excluding hydrogens is 214 g/mol. The Morgan fingerprint density at radius 2 is 2.18 bits per heavy atom. The summed E-state index contributed by atoms with van der Waals surface area (Å²) in [6.07, 6.45) is 5.82. The average Bonchev–Trinajstić information content (AvgIpc) is 2.23. The number of esters is 1. The Balaban J connectivity index is 2.14. The summed E-state index contributed by atoms with van der Waals surface area (Å²) in [7, 11) is 0. The standard InChI is InChI=1S/C14H21NO2/c1-14(2,3)10-13(16)17-9-5-7-12-6-4-8-15-11-12/h4,6,8,11H,5,7,9-10H2,1-3H3. The van der Waals surface area contributed by atoms with Crippen LogP contribution < -0.4 is 0 Å². The Morgan fingerprint density at radius 3 is 2.76 bits per heavy atom. The summed E-state index contributed by atoms with van der Waals surface area (Å²) in [5.74, 6) is -0.108. The van der Waals surface area contributed by atoms with E-state index in [1.807, 2.05) is 39.1 Å². The maximum Gasteiger partial charge on any atom is 0.306 e. The second-order valence-corrected chi connectivity index (χ2v) is 5.42. The zero-order valence-corrected chi connectivity index (χ0v) is 10.9. The molecular formula is C14H21NO2. The number of pyridine rings is 1. The van der Waals surface area contributed by atoms with E-state index in [0.29, 0.717) is 13.0 Å². The molecule has 0 amide bonds. The fourth-order valence-corrected chi connectivity index (χ4v) is 1.49. The summed E-state index contributed by atoms with van der Waals surface area (Å²) >= 11 is 0. The molecule has 1 heterocycles. The van der Waals surface area contributed by atoms with Gasteiger partial charge in [0.2, 0.25) is 0 Å². The van der Waals surface area contributed by atoms with Gasteiger partial charge in [-0.25, -0.2) is 0 Å². The molecule has 1 aromatic heterocycles. The molecule has 0 unspecified atom stereocenters. The SMILES string of the molecule is CC(C)(C)CC(=O)OCCCc1cccnc1. The van der Waals surface area contributed by atoms with E-state index in [1.54, 1.807) is 6.20 Å². The summed E-state index contributed by atoms with van der Waals surface area (Å²) in [6, 6.07) is 3.95. The Labute approximate surface area is 103 Å². The zero-order valence-electron chi connectivity index (χ0n) is 10.9. The molecule has 0 fully saturated rings. The molecule has 0 bridgehead atoms. The number of carbonyl (C=O) groups excluding carboxylic acids is 1. The molecule has 1 aromatic rings. The Morgan fingerprint density at radius 1 is 1.41 bits per heavy atom. The predicted molar refractivity (Wildman–Crippen MR) is 67.6 cm³/mol. The van der Waals surface area contributed by atoms with Crippen LogP contribution in [0.3, 0.4) is 0 Å². The topological polar surface area (TPSA) is 39.2 Å². The van der Waals surface area contributed by atoms with Crippen molar-refractivity contribution >= 4 is 5.97 Å². The van der Waals surface area contributed by atoms with Gasteiger partial charge in [-0.1, -0.05) is 26.8 Å². The van der Waals surface area contributed by atoms with Crippen molar-refractivity contribution in [1.29, 1.82) is 0 Å². The first-order chi connectivity index (χ1) is 7.97. The lowest BCUT2D eigenvalue weighted by Crippen LogP contribution is -2.16. The van der Waals surface area contributed by atoms with Gasteiger partial charge in [0.25, 0.3) is 0 Å². The first-order valence-electron chi connectivity index (χ1n) is 6.02. The molecule has 0 atom stereocenters. The molecule has 0 spiro atoms. The van der Waals surface area contributed by atoms with Crippen LogP contribution in [0, 0.1) is 5.41 Å². The van der Waals surface area contributed by atoms with Crippen LogP contribution in [0.2, 0.25) is 0 Å². The third-order valence-corrected chi connectivity index (χ3v) is 2.27. The van der Waals surface area contributed by atoms with E-state index in [0.717, 1.165) is 12.8 Å². The van der Waals surface area contributed by atoms with Crippen LogP contribution in [0.5, 0.6) is 0 Å². The molecule has 0 aliphatic rings. The minimum Gasteiger partial charge on any atom is -0.466 e. The largest absolute Gasteiger partial charge is 0.466 e. The predicted octanol–water partition coefficient (Wildman–Crippen LogP) is 2.99. The van der Waals surface area contributed by atoms with Gasteiger partial charge in [0.05, 0.1) is 13.0 Å². The molecule has 1 rings (SSSR count). The van der Waals surface area contributed by atoms with Crippen LogP contribution in [0.15, 0.2) is 24.5 Å². The maximum absolute atomic E-state index is 11.4. The third kappa shape index (κ3) is 6.72. The number of aryl methyl sites for hydroxylation is 1. The molecule has 17 heavy (non-hydrogen) atoms. The first-order valence-corrected chi connectivity index (χ1v) is 6.02. The average molecular weight is 235 g/mol. The van der Waals surface area contributed by atoms with Crippen molar-refractivity contribution in [3.63, 3.8) is 0 Å². The van der Waals surface area contributed by atoms with Gasteiger partial charge >= 0.3 is 5.97 Å². The fraction of sp³-hybridized carbons (Fsp3) is 0.571. The van der Waals surface area contributed by atoms with E-state index >= 15 is 0 Å². The van der Waals surface area contributed by atoms with Crippen molar-refractivity contribution < 1.29 is 9.53 Å². The molecule has 0 aromatic carbocycles. The molecule has 0 radical (unpaired) electrons. The summed E-state index contributed by atoms with van der Waals surface area (Å²) in [4.78, 5) is 15.5. The lowest BCUT2D eigenvalue weighted by molar-refractivity contribution is -0.145. The van der Waals surface area contributed by atoms with Crippen molar-refractivity contribution in [3.05, 3.63) is 30.1 Å². The second-order valence-electron chi connectivity index (χ2n) is 5.42. The summed E-state index contributed by atoms with van der Waals surface area (Å²) in [5.41, 5.74) is 1.18. The number of nitrogens with zero attached hydrogens (tertiary/aromatic N) is 1. The molecule has 0 saturated heterocycles. The number of hydrogen-bond acceptors (Lipinski definition) is 3. The Bertz CT molecular complexity index is 341. The van der Waals surface area contributed by atoms with Crippen LogP contribution in [-0.2, 0) is 16.0 Å². The van der Waals surface area contributed by atoms with Crippen LogP contribution >= 0.6 is 0 Å². The number of hydrogen-bond donors (Lipinski definition) is 0. The third-order valence-electron chi connectivity index (χ3n) is 2.27. The molecule has 0 aliphatic heterocycles. The van der Waals surface area contributed by atoms with Gasteiger partial charge in [-0.15, -0.1) is 0 Å². The molecule has 0 N–H and O–H groups in total. The Hall–Kier alpha value is -1.38. The molecule has 94 valence electrons. The molecule has 3 nitrogen and oxygen atoms in total. The Kier molecular flexibility index (Phi) is 5.13.